The summed E-state index contributed by atoms with van der Waals surface area (Å²) < 4.78 is 4.97. The molecule has 1 saturated heterocycles. The molecule has 0 bridgehead atoms. The third kappa shape index (κ3) is 2.87. The molecular formula is C13H21NO3. The van der Waals surface area contributed by atoms with E-state index >= 15 is 0 Å². The van der Waals surface area contributed by atoms with Gasteiger partial charge in [-0.15, -0.1) is 6.58 Å². The van der Waals surface area contributed by atoms with Crippen molar-refractivity contribution in [2.24, 2.45) is 11.8 Å². The lowest BCUT2D eigenvalue weighted by Crippen LogP contribution is -2.44. The predicted octanol–water partition coefficient (Wildman–Crippen LogP) is 2.59. The Kier molecular flexibility index (Phi) is 4.73. The Morgan fingerprint density at radius 1 is 1.65 bits per heavy atom. The molecule has 0 radical (unpaired) electrons. The Labute approximate surface area is 103 Å². The molecule has 2 atom stereocenters. The lowest BCUT2D eigenvalue weighted by atomic mass is 9.98. The molecule has 0 aliphatic carbocycles. The first kappa shape index (κ1) is 13.7. The summed E-state index contributed by atoms with van der Waals surface area (Å²) in [6, 6.07) is -0.131. The summed E-state index contributed by atoms with van der Waals surface area (Å²) in [6.45, 7) is 9.87. The van der Waals surface area contributed by atoms with Crippen LogP contribution in [0.3, 0.4) is 0 Å². The zero-order chi connectivity index (χ0) is 13.0. The summed E-state index contributed by atoms with van der Waals surface area (Å²) in [7, 11) is 0. The number of hydrogen-bond acceptors (Lipinski definition) is 3. The molecule has 4 heteroatoms. The summed E-state index contributed by atoms with van der Waals surface area (Å²) in [5.41, 5.74) is 0. The smallest absolute Gasteiger partial charge is 0.416 e. The van der Waals surface area contributed by atoms with Crippen molar-refractivity contribution in [1.82, 2.24) is 4.90 Å². The molecule has 0 aromatic heterocycles. The van der Waals surface area contributed by atoms with Crippen LogP contribution in [0, 0.1) is 11.8 Å². The van der Waals surface area contributed by atoms with Crippen LogP contribution in [0.5, 0.6) is 0 Å². The van der Waals surface area contributed by atoms with Gasteiger partial charge in [-0.3, -0.25) is 4.79 Å². The Bertz CT molecular complexity index is 312. The Balaban J connectivity index is 2.83. The third-order valence-electron chi connectivity index (χ3n) is 3.21. The normalized spacial score (nSPS) is 21.5. The van der Waals surface area contributed by atoms with Gasteiger partial charge in [-0.2, -0.15) is 0 Å². The molecule has 0 aromatic rings. The Morgan fingerprint density at radius 2 is 2.29 bits per heavy atom. The van der Waals surface area contributed by atoms with Crippen LogP contribution >= 0.6 is 0 Å². The minimum absolute atomic E-state index is 0.131. The minimum atomic E-state index is -0.504. The van der Waals surface area contributed by atoms with Gasteiger partial charge in [0, 0.05) is 5.92 Å². The summed E-state index contributed by atoms with van der Waals surface area (Å²) in [5.74, 6) is -0.0837. The minimum Gasteiger partial charge on any atom is -0.447 e. The van der Waals surface area contributed by atoms with Gasteiger partial charge < -0.3 is 4.74 Å². The fourth-order valence-corrected chi connectivity index (χ4v) is 2.02. The van der Waals surface area contributed by atoms with E-state index in [1.54, 1.807) is 6.08 Å². The average Bonchev–Trinajstić information content (AvgIpc) is 2.67. The zero-order valence-corrected chi connectivity index (χ0v) is 10.8. The number of ether oxygens (including phenoxy) is 1. The third-order valence-corrected chi connectivity index (χ3v) is 3.21. The van der Waals surface area contributed by atoms with Gasteiger partial charge in [0.25, 0.3) is 0 Å². The van der Waals surface area contributed by atoms with Crippen LogP contribution in [-0.4, -0.2) is 29.5 Å². The molecule has 0 unspecified atom stereocenters. The summed E-state index contributed by atoms with van der Waals surface area (Å²) in [4.78, 5) is 25.2. The molecular weight excluding hydrogens is 218 g/mol. The number of carbonyl (C=O) groups is 2. The van der Waals surface area contributed by atoms with E-state index in [0.29, 0.717) is 19.4 Å². The number of nitrogens with zero attached hydrogens (tertiary/aromatic N) is 1. The SMILES string of the molecule is C=CC[C@@H](CC)C(=O)N1C(=O)OC[C@@H]1C(C)C. The van der Waals surface area contributed by atoms with Crippen LogP contribution in [0.4, 0.5) is 4.79 Å². The first-order valence-electron chi connectivity index (χ1n) is 6.13. The quantitative estimate of drug-likeness (QED) is 0.693. The second-order valence-electron chi connectivity index (χ2n) is 4.73. The highest BCUT2D eigenvalue weighted by Crippen LogP contribution is 2.24. The van der Waals surface area contributed by atoms with E-state index in [1.165, 1.54) is 4.90 Å². The monoisotopic (exact) mass is 239 g/mol. The molecule has 0 saturated carbocycles. The molecule has 1 fully saturated rings. The van der Waals surface area contributed by atoms with Crippen molar-refractivity contribution in [3.8, 4) is 0 Å². The number of carbonyl (C=O) groups excluding carboxylic acids is 2. The Morgan fingerprint density at radius 3 is 2.76 bits per heavy atom. The van der Waals surface area contributed by atoms with Crippen molar-refractivity contribution in [2.45, 2.75) is 39.7 Å². The highest BCUT2D eigenvalue weighted by atomic mass is 16.6. The largest absolute Gasteiger partial charge is 0.447 e. The fraction of sp³-hybridized carbons (Fsp3) is 0.692. The lowest BCUT2D eigenvalue weighted by molar-refractivity contribution is -0.134. The van der Waals surface area contributed by atoms with E-state index in [2.05, 4.69) is 6.58 Å². The highest BCUT2D eigenvalue weighted by Gasteiger charge is 2.41. The van der Waals surface area contributed by atoms with Crippen LogP contribution in [-0.2, 0) is 9.53 Å². The molecule has 2 amide bonds. The number of hydrogen-bond donors (Lipinski definition) is 0. The molecule has 0 spiro atoms. The zero-order valence-electron chi connectivity index (χ0n) is 10.8. The van der Waals surface area contributed by atoms with Crippen molar-refractivity contribution in [3.63, 3.8) is 0 Å². The van der Waals surface area contributed by atoms with Crippen molar-refractivity contribution < 1.29 is 14.3 Å². The van der Waals surface area contributed by atoms with Gasteiger partial charge in [0.15, 0.2) is 0 Å². The van der Waals surface area contributed by atoms with Crippen molar-refractivity contribution in [1.29, 1.82) is 0 Å². The van der Waals surface area contributed by atoms with Crippen LogP contribution < -0.4 is 0 Å². The van der Waals surface area contributed by atoms with E-state index in [0.717, 1.165) is 0 Å². The van der Waals surface area contributed by atoms with Gasteiger partial charge in [0.2, 0.25) is 5.91 Å². The van der Waals surface area contributed by atoms with Gasteiger partial charge in [0.1, 0.15) is 6.61 Å². The van der Waals surface area contributed by atoms with E-state index in [1.807, 2.05) is 20.8 Å². The lowest BCUT2D eigenvalue weighted by Gasteiger charge is -2.25. The maximum absolute atomic E-state index is 12.3. The van der Waals surface area contributed by atoms with Gasteiger partial charge in [-0.05, 0) is 18.8 Å². The maximum Gasteiger partial charge on any atom is 0.416 e. The van der Waals surface area contributed by atoms with Gasteiger partial charge in [-0.25, -0.2) is 9.69 Å². The highest BCUT2D eigenvalue weighted by molar-refractivity contribution is 5.94. The standard InChI is InChI=1S/C13H21NO3/c1-5-7-10(6-2)12(15)14-11(9(3)4)8-17-13(14)16/h5,9-11H,1,6-8H2,2-4H3/t10-,11-/m1/s1. The maximum atomic E-state index is 12.3. The number of cyclic esters (lactones) is 1. The van der Waals surface area contributed by atoms with Crippen molar-refractivity contribution in [3.05, 3.63) is 12.7 Å². The molecule has 17 heavy (non-hydrogen) atoms. The molecule has 96 valence electrons. The molecule has 1 aliphatic rings. The topological polar surface area (TPSA) is 46.6 Å². The summed E-state index contributed by atoms with van der Waals surface area (Å²) in [6.07, 6.45) is 2.53. The molecule has 0 N–H and O–H groups in total. The predicted molar refractivity (Wildman–Crippen MR) is 65.4 cm³/mol. The molecule has 1 heterocycles. The van der Waals surface area contributed by atoms with Crippen LogP contribution in [0.2, 0.25) is 0 Å². The van der Waals surface area contributed by atoms with Gasteiger partial charge in [0.05, 0.1) is 6.04 Å². The molecule has 0 aromatic carbocycles. The second kappa shape index (κ2) is 5.84. The summed E-state index contributed by atoms with van der Waals surface area (Å²) in [5, 5.41) is 0. The van der Waals surface area contributed by atoms with Crippen molar-refractivity contribution in [2.75, 3.05) is 6.61 Å². The molecule has 4 nitrogen and oxygen atoms in total. The van der Waals surface area contributed by atoms with Crippen molar-refractivity contribution >= 4 is 12.0 Å². The number of amides is 2. The van der Waals surface area contributed by atoms with Gasteiger partial charge >= 0.3 is 6.09 Å². The van der Waals surface area contributed by atoms with E-state index < -0.39 is 6.09 Å². The number of allylic oxidation sites excluding steroid dienone is 1. The van der Waals surface area contributed by atoms with Crippen LogP contribution in [0.1, 0.15) is 33.6 Å². The van der Waals surface area contributed by atoms with E-state index in [9.17, 15) is 9.59 Å². The molecule has 1 aliphatic heterocycles. The van der Waals surface area contributed by atoms with E-state index in [-0.39, 0.29) is 23.8 Å². The van der Waals surface area contributed by atoms with Crippen LogP contribution in [0.25, 0.3) is 0 Å². The van der Waals surface area contributed by atoms with E-state index in [4.69, 9.17) is 4.74 Å². The second-order valence-corrected chi connectivity index (χ2v) is 4.73. The summed E-state index contributed by atoms with van der Waals surface area (Å²) >= 11 is 0. The fourth-order valence-electron chi connectivity index (χ4n) is 2.02. The Hall–Kier alpha value is -1.32. The number of rotatable bonds is 5. The number of imide groups is 1. The first-order chi connectivity index (χ1) is 8.02. The van der Waals surface area contributed by atoms with Crippen LogP contribution in [0.15, 0.2) is 12.7 Å². The first-order valence-corrected chi connectivity index (χ1v) is 6.13. The average molecular weight is 239 g/mol. The molecule has 1 rings (SSSR count). The van der Waals surface area contributed by atoms with Gasteiger partial charge in [-0.1, -0.05) is 26.8 Å².